The molecule has 2 N–H and O–H groups in total. The monoisotopic (exact) mass is 273 g/mol. The Morgan fingerprint density at radius 2 is 1.90 bits per heavy atom. The third-order valence-electron chi connectivity index (χ3n) is 4.13. The zero-order chi connectivity index (χ0) is 13.9. The minimum absolute atomic E-state index is 0.0551. The van der Waals surface area contributed by atoms with Crippen LogP contribution in [-0.2, 0) is 0 Å². The molecule has 1 amide bonds. The Hall–Kier alpha value is -1.55. The molecule has 0 atom stereocenters. The van der Waals surface area contributed by atoms with E-state index in [0.717, 1.165) is 50.0 Å². The minimum Gasteiger partial charge on any atom is -0.382 e. The maximum absolute atomic E-state index is 12.0. The van der Waals surface area contributed by atoms with Crippen molar-refractivity contribution >= 4 is 11.6 Å². The van der Waals surface area contributed by atoms with Crippen molar-refractivity contribution in [2.24, 2.45) is 0 Å². The number of amides is 1. The third-order valence-corrected chi connectivity index (χ3v) is 4.13. The number of benzene rings is 1. The summed E-state index contributed by atoms with van der Waals surface area (Å²) in [5.41, 5.74) is 1.82. The lowest BCUT2D eigenvalue weighted by molar-refractivity contribution is 0.0951. The Balaban J connectivity index is 1.60. The largest absolute Gasteiger partial charge is 0.382 e. The molecule has 0 bridgehead atoms. The zero-order valence-corrected chi connectivity index (χ0v) is 12.1. The quantitative estimate of drug-likeness (QED) is 0.883. The van der Waals surface area contributed by atoms with Crippen LogP contribution in [0, 0.1) is 0 Å². The van der Waals surface area contributed by atoms with Crippen LogP contribution in [0.3, 0.4) is 0 Å². The van der Waals surface area contributed by atoms with Crippen LogP contribution in [-0.4, -0.2) is 43.0 Å². The first-order chi connectivity index (χ1) is 9.70. The van der Waals surface area contributed by atoms with E-state index in [9.17, 15) is 4.79 Å². The number of hydrogen-bond acceptors (Lipinski definition) is 3. The molecular weight excluding hydrogens is 250 g/mol. The van der Waals surface area contributed by atoms with Crippen molar-refractivity contribution in [1.29, 1.82) is 0 Å². The zero-order valence-electron chi connectivity index (χ0n) is 12.1. The van der Waals surface area contributed by atoms with Crippen molar-refractivity contribution in [1.82, 2.24) is 10.2 Å². The molecule has 1 saturated carbocycles. The molecule has 0 radical (unpaired) electrons. The number of carbonyl (C=O) groups excluding carboxylic acids is 1. The van der Waals surface area contributed by atoms with Crippen molar-refractivity contribution in [3.8, 4) is 0 Å². The lowest BCUT2D eigenvalue weighted by Crippen LogP contribution is -2.36. The predicted octanol–water partition coefficient (Wildman–Crippen LogP) is 2.08. The molecule has 1 aromatic rings. The summed E-state index contributed by atoms with van der Waals surface area (Å²) in [6.07, 6.45) is 4.57. The number of anilines is 1. The van der Waals surface area contributed by atoms with Crippen molar-refractivity contribution < 1.29 is 4.79 Å². The molecular formula is C16H23N3O. The first-order valence-electron chi connectivity index (χ1n) is 7.57. The first kappa shape index (κ1) is 13.4. The fourth-order valence-corrected chi connectivity index (χ4v) is 2.64. The van der Waals surface area contributed by atoms with E-state index in [1.165, 1.54) is 0 Å². The van der Waals surface area contributed by atoms with Crippen molar-refractivity contribution in [2.45, 2.75) is 37.8 Å². The molecule has 4 heteroatoms. The second-order valence-corrected chi connectivity index (χ2v) is 6.05. The number of carbonyl (C=O) groups is 1. The number of hydrogen-bond donors (Lipinski definition) is 2. The summed E-state index contributed by atoms with van der Waals surface area (Å²) in [6, 6.07) is 8.79. The van der Waals surface area contributed by atoms with Crippen LogP contribution in [0.1, 0.15) is 36.0 Å². The number of nitrogens with one attached hydrogen (secondary N) is 2. The van der Waals surface area contributed by atoms with Gasteiger partial charge in [0.2, 0.25) is 0 Å². The molecule has 3 rings (SSSR count). The summed E-state index contributed by atoms with van der Waals surface area (Å²) < 4.78 is 0. The Bertz CT molecular complexity index is 476. The number of piperidine rings is 1. The van der Waals surface area contributed by atoms with E-state index in [-0.39, 0.29) is 5.91 Å². The summed E-state index contributed by atoms with van der Waals surface area (Å²) in [6.45, 7) is 2.28. The smallest absolute Gasteiger partial charge is 0.251 e. The highest BCUT2D eigenvalue weighted by Gasteiger charge is 2.24. The Morgan fingerprint density at radius 1 is 1.15 bits per heavy atom. The number of rotatable bonds is 4. The summed E-state index contributed by atoms with van der Waals surface area (Å²) >= 11 is 0. The van der Waals surface area contributed by atoms with Crippen LogP contribution in [0.25, 0.3) is 0 Å². The average Bonchev–Trinajstić information content (AvgIpc) is 3.26. The molecule has 1 heterocycles. The van der Waals surface area contributed by atoms with Crippen LogP contribution >= 0.6 is 0 Å². The molecule has 0 aromatic heterocycles. The molecule has 0 spiro atoms. The standard InChI is InChI=1S/C16H23N3O/c1-19-9-7-14(8-10-19)17-15-4-2-3-12(11-15)16(20)18-13-5-6-13/h2-4,11,13-14,17H,5-10H2,1H3,(H,18,20). The van der Waals surface area contributed by atoms with E-state index in [1.807, 2.05) is 24.3 Å². The number of likely N-dealkylation sites (tertiary alicyclic amines) is 1. The van der Waals surface area contributed by atoms with E-state index in [0.29, 0.717) is 12.1 Å². The maximum atomic E-state index is 12.0. The molecule has 1 saturated heterocycles. The van der Waals surface area contributed by atoms with Gasteiger partial charge in [-0.05, 0) is 64.0 Å². The summed E-state index contributed by atoms with van der Waals surface area (Å²) in [5.74, 6) is 0.0551. The Labute approximate surface area is 120 Å². The van der Waals surface area contributed by atoms with E-state index >= 15 is 0 Å². The molecule has 1 aromatic carbocycles. The second kappa shape index (κ2) is 5.83. The summed E-state index contributed by atoms with van der Waals surface area (Å²) in [7, 11) is 2.17. The average molecular weight is 273 g/mol. The molecule has 1 aliphatic heterocycles. The van der Waals surface area contributed by atoms with Gasteiger partial charge in [0.25, 0.3) is 5.91 Å². The molecule has 4 nitrogen and oxygen atoms in total. The van der Waals surface area contributed by atoms with Crippen LogP contribution in [0.4, 0.5) is 5.69 Å². The molecule has 0 unspecified atom stereocenters. The van der Waals surface area contributed by atoms with E-state index in [2.05, 4.69) is 22.6 Å². The lowest BCUT2D eigenvalue weighted by Gasteiger charge is -2.30. The van der Waals surface area contributed by atoms with Gasteiger partial charge in [-0.3, -0.25) is 4.79 Å². The SMILES string of the molecule is CN1CCC(Nc2cccc(C(=O)NC3CC3)c2)CC1. The summed E-state index contributed by atoms with van der Waals surface area (Å²) in [5, 5.41) is 6.59. The second-order valence-electron chi connectivity index (χ2n) is 6.05. The van der Waals surface area contributed by atoms with Crippen LogP contribution < -0.4 is 10.6 Å². The van der Waals surface area contributed by atoms with Crippen LogP contribution in [0.5, 0.6) is 0 Å². The van der Waals surface area contributed by atoms with Crippen molar-refractivity contribution in [2.75, 3.05) is 25.5 Å². The number of nitrogens with zero attached hydrogens (tertiary/aromatic N) is 1. The molecule has 20 heavy (non-hydrogen) atoms. The van der Waals surface area contributed by atoms with Gasteiger partial charge >= 0.3 is 0 Å². The van der Waals surface area contributed by atoms with Gasteiger partial charge in [-0.2, -0.15) is 0 Å². The predicted molar refractivity (Wildman–Crippen MR) is 81.1 cm³/mol. The van der Waals surface area contributed by atoms with Gasteiger partial charge in [0.05, 0.1) is 0 Å². The normalized spacial score (nSPS) is 20.6. The van der Waals surface area contributed by atoms with Gasteiger partial charge < -0.3 is 15.5 Å². The highest BCUT2D eigenvalue weighted by molar-refractivity contribution is 5.95. The molecule has 1 aliphatic carbocycles. The topological polar surface area (TPSA) is 44.4 Å². The lowest BCUT2D eigenvalue weighted by atomic mass is 10.0. The first-order valence-corrected chi connectivity index (χ1v) is 7.57. The van der Waals surface area contributed by atoms with E-state index < -0.39 is 0 Å². The van der Waals surface area contributed by atoms with Gasteiger partial charge in [0, 0.05) is 23.3 Å². The van der Waals surface area contributed by atoms with Gasteiger partial charge in [0.15, 0.2) is 0 Å². The van der Waals surface area contributed by atoms with Gasteiger partial charge in [-0.15, -0.1) is 0 Å². The Kier molecular flexibility index (Phi) is 3.92. The molecule has 2 aliphatic rings. The molecule has 2 fully saturated rings. The van der Waals surface area contributed by atoms with E-state index in [4.69, 9.17) is 0 Å². The Morgan fingerprint density at radius 3 is 2.60 bits per heavy atom. The summed E-state index contributed by atoms with van der Waals surface area (Å²) in [4.78, 5) is 14.4. The van der Waals surface area contributed by atoms with E-state index in [1.54, 1.807) is 0 Å². The van der Waals surface area contributed by atoms with Crippen molar-refractivity contribution in [3.05, 3.63) is 29.8 Å². The van der Waals surface area contributed by atoms with Crippen LogP contribution in [0.2, 0.25) is 0 Å². The third kappa shape index (κ3) is 3.51. The van der Waals surface area contributed by atoms with Gasteiger partial charge in [-0.1, -0.05) is 6.07 Å². The fraction of sp³-hybridized carbons (Fsp3) is 0.562. The molecule has 108 valence electrons. The highest BCUT2D eigenvalue weighted by atomic mass is 16.1. The van der Waals surface area contributed by atoms with Crippen molar-refractivity contribution in [3.63, 3.8) is 0 Å². The maximum Gasteiger partial charge on any atom is 0.251 e. The van der Waals surface area contributed by atoms with Crippen LogP contribution in [0.15, 0.2) is 24.3 Å². The van der Waals surface area contributed by atoms with Gasteiger partial charge in [0.1, 0.15) is 0 Å². The fourth-order valence-electron chi connectivity index (χ4n) is 2.64. The van der Waals surface area contributed by atoms with Gasteiger partial charge in [-0.25, -0.2) is 0 Å². The minimum atomic E-state index is 0.0551. The highest BCUT2D eigenvalue weighted by Crippen LogP contribution is 2.21.